The van der Waals surface area contributed by atoms with Gasteiger partial charge < -0.3 is 15.2 Å². The lowest BCUT2D eigenvalue weighted by molar-refractivity contribution is 0.0963. The summed E-state index contributed by atoms with van der Waals surface area (Å²) in [7, 11) is 0. The Balaban J connectivity index is 1.95. The number of phenols is 1. The number of aromatic nitrogens is 1. The van der Waals surface area contributed by atoms with Gasteiger partial charge in [0.1, 0.15) is 5.75 Å². The molecule has 0 fully saturated rings. The van der Waals surface area contributed by atoms with Crippen molar-refractivity contribution in [2.45, 2.75) is 33.2 Å². The van der Waals surface area contributed by atoms with E-state index in [1.807, 2.05) is 13.8 Å². The van der Waals surface area contributed by atoms with E-state index in [2.05, 4.69) is 5.32 Å². The van der Waals surface area contributed by atoms with Gasteiger partial charge >= 0.3 is 6.09 Å². The number of rotatable bonds is 6. The van der Waals surface area contributed by atoms with Gasteiger partial charge in [-0.15, -0.1) is 0 Å². The lowest BCUT2D eigenvalue weighted by Crippen LogP contribution is -2.24. The van der Waals surface area contributed by atoms with Gasteiger partial charge in [-0.25, -0.2) is 4.79 Å². The number of halogens is 1. The van der Waals surface area contributed by atoms with Crippen LogP contribution in [0.1, 0.15) is 41.4 Å². The molecule has 2 aromatic carbocycles. The first kappa shape index (κ1) is 20.7. The van der Waals surface area contributed by atoms with E-state index in [0.29, 0.717) is 33.8 Å². The van der Waals surface area contributed by atoms with Gasteiger partial charge in [-0.1, -0.05) is 24.9 Å². The second-order valence-corrected chi connectivity index (χ2v) is 7.19. The highest BCUT2D eigenvalue weighted by atomic mass is 35.5. The number of hydrogen-bond acceptors (Lipinski definition) is 4. The van der Waals surface area contributed by atoms with Gasteiger partial charge in [0.05, 0.1) is 12.1 Å². The minimum atomic E-state index is -0.511. The van der Waals surface area contributed by atoms with Gasteiger partial charge in [-0.3, -0.25) is 9.36 Å². The summed E-state index contributed by atoms with van der Waals surface area (Å²) in [5.41, 5.74) is 2.56. The third-order valence-corrected chi connectivity index (χ3v) is 5.01. The van der Waals surface area contributed by atoms with E-state index in [1.54, 1.807) is 41.0 Å². The first-order valence-electron chi connectivity index (χ1n) is 9.46. The molecule has 0 radical (unpaired) electrons. The van der Waals surface area contributed by atoms with E-state index in [-0.39, 0.29) is 18.2 Å². The topological polar surface area (TPSA) is 80.6 Å². The van der Waals surface area contributed by atoms with Crippen molar-refractivity contribution in [1.29, 1.82) is 0 Å². The summed E-state index contributed by atoms with van der Waals surface area (Å²) < 4.78 is 6.71. The zero-order chi connectivity index (χ0) is 21.0. The molecule has 0 bridgehead atoms. The number of amides is 1. The van der Waals surface area contributed by atoms with Crippen LogP contribution in [-0.4, -0.2) is 28.3 Å². The summed E-state index contributed by atoms with van der Waals surface area (Å²) in [5.74, 6) is -0.132. The molecule has 1 heterocycles. The lowest BCUT2D eigenvalue weighted by Gasteiger charge is -2.09. The molecule has 2 N–H and O–H groups in total. The number of carbonyl (C=O) groups excluding carboxylic acids is 2. The largest absolute Gasteiger partial charge is 0.508 e. The van der Waals surface area contributed by atoms with Gasteiger partial charge in [0.2, 0.25) is 0 Å². The van der Waals surface area contributed by atoms with Crippen LogP contribution in [0.2, 0.25) is 5.02 Å². The molecule has 7 heteroatoms. The van der Waals surface area contributed by atoms with Crippen molar-refractivity contribution in [2.24, 2.45) is 0 Å². The summed E-state index contributed by atoms with van der Waals surface area (Å²) in [4.78, 5) is 25.1. The fourth-order valence-electron chi connectivity index (χ4n) is 3.20. The number of aromatic hydroxyl groups is 1. The van der Waals surface area contributed by atoms with Crippen LogP contribution in [0.4, 0.5) is 4.79 Å². The zero-order valence-corrected chi connectivity index (χ0v) is 17.1. The summed E-state index contributed by atoms with van der Waals surface area (Å²) >= 11 is 5.93. The average Bonchev–Trinajstić information content (AvgIpc) is 2.97. The van der Waals surface area contributed by atoms with Gasteiger partial charge in [0.25, 0.3) is 5.91 Å². The van der Waals surface area contributed by atoms with Crippen molar-refractivity contribution >= 4 is 34.5 Å². The Kier molecular flexibility index (Phi) is 6.44. The van der Waals surface area contributed by atoms with Crippen molar-refractivity contribution in [3.05, 3.63) is 64.3 Å². The summed E-state index contributed by atoms with van der Waals surface area (Å²) in [5, 5.41) is 13.9. The van der Waals surface area contributed by atoms with E-state index in [4.69, 9.17) is 16.3 Å². The van der Waals surface area contributed by atoms with Crippen molar-refractivity contribution in [3.63, 3.8) is 0 Å². The lowest BCUT2D eigenvalue weighted by atomic mass is 10.1. The van der Waals surface area contributed by atoms with Gasteiger partial charge in [-0.05, 0) is 55.8 Å². The van der Waals surface area contributed by atoms with Crippen LogP contribution in [0.25, 0.3) is 10.9 Å². The minimum absolute atomic E-state index is 0.0837. The van der Waals surface area contributed by atoms with Crippen LogP contribution in [0.5, 0.6) is 5.75 Å². The van der Waals surface area contributed by atoms with E-state index >= 15 is 0 Å². The predicted octanol–water partition coefficient (Wildman–Crippen LogP) is 5.02. The van der Waals surface area contributed by atoms with Gasteiger partial charge in [-0.2, -0.15) is 0 Å². The predicted molar refractivity (Wildman–Crippen MR) is 113 cm³/mol. The maximum atomic E-state index is 13.1. The highest BCUT2D eigenvalue weighted by Crippen LogP contribution is 2.30. The van der Waals surface area contributed by atoms with E-state index in [9.17, 15) is 14.7 Å². The number of benzene rings is 2. The molecule has 1 amide bonds. The summed E-state index contributed by atoms with van der Waals surface area (Å²) in [6.07, 6.45) is 1.23. The van der Waals surface area contributed by atoms with Crippen molar-refractivity contribution in [1.82, 2.24) is 9.88 Å². The molecule has 0 saturated heterocycles. The molecule has 0 spiro atoms. The van der Waals surface area contributed by atoms with Crippen LogP contribution in [-0.2, 0) is 11.3 Å². The molecular formula is C22H23ClN2O4. The van der Waals surface area contributed by atoms with Crippen LogP contribution in [0.15, 0.2) is 42.5 Å². The summed E-state index contributed by atoms with van der Waals surface area (Å²) in [6, 6.07) is 11.5. The Morgan fingerprint density at radius 2 is 1.90 bits per heavy atom. The number of alkyl carbamates (subject to hydrolysis) is 1. The highest BCUT2D eigenvalue weighted by molar-refractivity contribution is 6.30. The molecule has 3 aromatic rings. The first-order valence-corrected chi connectivity index (χ1v) is 9.84. The number of hydrogen-bond donors (Lipinski definition) is 2. The Labute approximate surface area is 174 Å². The molecule has 0 aliphatic carbocycles. The normalized spacial score (nSPS) is 10.9. The standard InChI is InChI=1S/C22H23ClN2O4/c1-3-4-11-29-22(28)24-13-19-14(2)25(20-10-9-17(26)12-18(19)20)21(27)15-5-7-16(23)8-6-15/h5-10,12,26H,3-4,11,13H2,1-2H3,(H,24,28). The minimum Gasteiger partial charge on any atom is -0.508 e. The quantitative estimate of drug-likeness (QED) is 0.555. The molecule has 0 aliphatic heterocycles. The summed E-state index contributed by atoms with van der Waals surface area (Å²) in [6.45, 7) is 4.37. The number of nitrogens with zero attached hydrogens (tertiary/aromatic N) is 1. The molecule has 6 nitrogen and oxygen atoms in total. The smallest absolute Gasteiger partial charge is 0.407 e. The van der Waals surface area contributed by atoms with Crippen LogP contribution in [0, 0.1) is 6.92 Å². The number of carbonyl (C=O) groups is 2. The molecule has 0 unspecified atom stereocenters. The number of unbranched alkanes of at least 4 members (excludes halogenated alkanes) is 1. The van der Waals surface area contributed by atoms with Crippen molar-refractivity contribution in [2.75, 3.05) is 6.61 Å². The van der Waals surface area contributed by atoms with E-state index < -0.39 is 6.09 Å². The molecule has 152 valence electrons. The molecule has 1 aromatic heterocycles. The van der Waals surface area contributed by atoms with Crippen LogP contribution < -0.4 is 5.32 Å². The Bertz CT molecular complexity index is 1040. The fraction of sp³-hybridized carbons (Fsp3) is 0.273. The maximum absolute atomic E-state index is 13.1. The number of fused-ring (bicyclic) bond motifs is 1. The molecule has 0 aliphatic rings. The third-order valence-electron chi connectivity index (χ3n) is 4.75. The second-order valence-electron chi connectivity index (χ2n) is 6.76. The van der Waals surface area contributed by atoms with Crippen molar-refractivity contribution < 1.29 is 19.4 Å². The van der Waals surface area contributed by atoms with Crippen molar-refractivity contribution in [3.8, 4) is 5.75 Å². The Morgan fingerprint density at radius 3 is 2.59 bits per heavy atom. The number of nitrogens with one attached hydrogen (secondary N) is 1. The maximum Gasteiger partial charge on any atom is 0.407 e. The van der Waals surface area contributed by atoms with Gasteiger partial charge in [0.15, 0.2) is 0 Å². The first-order chi connectivity index (χ1) is 13.9. The molecule has 0 atom stereocenters. The molecular weight excluding hydrogens is 392 g/mol. The number of ether oxygens (including phenoxy) is 1. The molecule has 3 rings (SSSR count). The zero-order valence-electron chi connectivity index (χ0n) is 16.4. The van der Waals surface area contributed by atoms with Crippen LogP contribution in [0.3, 0.4) is 0 Å². The fourth-order valence-corrected chi connectivity index (χ4v) is 3.32. The average molecular weight is 415 g/mol. The number of phenolic OH excluding ortho intramolecular Hbond substituents is 1. The Morgan fingerprint density at radius 1 is 1.17 bits per heavy atom. The molecule has 0 saturated carbocycles. The molecule has 29 heavy (non-hydrogen) atoms. The van der Waals surface area contributed by atoms with Crippen LogP contribution >= 0.6 is 11.6 Å². The van der Waals surface area contributed by atoms with E-state index in [1.165, 1.54) is 6.07 Å². The highest BCUT2D eigenvalue weighted by Gasteiger charge is 2.20. The second kappa shape index (κ2) is 9.01. The third kappa shape index (κ3) is 4.54. The Hall–Kier alpha value is -2.99. The SMILES string of the molecule is CCCCOC(=O)NCc1c(C)n(C(=O)c2ccc(Cl)cc2)c2ccc(O)cc12. The van der Waals surface area contributed by atoms with E-state index in [0.717, 1.165) is 18.4 Å². The monoisotopic (exact) mass is 414 g/mol. The van der Waals surface area contributed by atoms with Gasteiger partial charge in [0, 0.05) is 33.8 Å².